The summed E-state index contributed by atoms with van der Waals surface area (Å²) in [6.07, 6.45) is 8.25. The molecular formula is C28H30FNO4. The first-order valence-electron chi connectivity index (χ1n) is 11.5. The summed E-state index contributed by atoms with van der Waals surface area (Å²) in [7, 11) is 0. The van der Waals surface area contributed by atoms with E-state index < -0.39 is 11.9 Å². The molecule has 34 heavy (non-hydrogen) atoms. The van der Waals surface area contributed by atoms with Crippen LogP contribution in [0.15, 0.2) is 78.4 Å². The van der Waals surface area contributed by atoms with Crippen molar-refractivity contribution in [2.75, 3.05) is 6.54 Å². The average Bonchev–Trinajstić information content (AvgIpc) is 3.03. The molecule has 1 atom stereocenters. The molecule has 2 aromatic carbocycles. The first-order valence-corrected chi connectivity index (χ1v) is 11.5. The highest BCUT2D eigenvalue weighted by atomic mass is 19.1. The zero-order valence-electron chi connectivity index (χ0n) is 19.5. The zero-order valence-corrected chi connectivity index (χ0v) is 19.5. The molecule has 0 aromatic heterocycles. The van der Waals surface area contributed by atoms with Gasteiger partial charge >= 0.3 is 5.97 Å². The molecule has 0 heterocycles. The van der Waals surface area contributed by atoms with Crippen LogP contribution >= 0.6 is 0 Å². The number of hydrogen-bond donors (Lipinski definition) is 2. The van der Waals surface area contributed by atoms with Crippen molar-refractivity contribution in [2.24, 2.45) is 5.92 Å². The van der Waals surface area contributed by atoms with E-state index in [1.54, 1.807) is 18.2 Å². The van der Waals surface area contributed by atoms with Crippen molar-refractivity contribution < 1.29 is 23.8 Å². The number of aliphatic carboxylic acids is 1. The number of allylic oxidation sites excluding steroid dienone is 5. The fraction of sp³-hybridized carbons (Fsp3) is 0.286. The number of amides is 1. The fourth-order valence-corrected chi connectivity index (χ4v) is 3.68. The lowest BCUT2D eigenvalue weighted by Gasteiger charge is -2.13. The van der Waals surface area contributed by atoms with E-state index in [4.69, 9.17) is 4.74 Å². The Balaban J connectivity index is 1.53. The number of carbonyl (C=O) groups excluding carboxylic acids is 1. The summed E-state index contributed by atoms with van der Waals surface area (Å²) in [6.45, 7) is 4.19. The first-order chi connectivity index (χ1) is 16.4. The van der Waals surface area contributed by atoms with E-state index in [0.29, 0.717) is 49.3 Å². The van der Waals surface area contributed by atoms with Crippen LogP contribution in [0.4, 0.5) is 4.39 Å². The van der Waals surface area contributed by atoms with Gasteiger partial charge in [0.05, 0.1) is 5.92 Å². The summed E-state index contributed by atoms with van der Waals surface area (Å²) in [4.78, 5) is 24.1. The number of carbonyl (C=O) groups is 2. The van der Waals surface area contributed by atoms with E-state index in [1.165, 1.54) is 12.2 Å². The summed E-state index contributed by atoms with van der Waals surface area (Å²) in [5, 5.41) is 12.3. The summed E-state index contributed by atoms with van der Waals surface area (Å²) in [5.41, 5.74) is 3.31. The Hall–Kier alpha value is -3.67. The molecule has 178 valence electrons. The molecule has 1 amide bonds. The van der Waals surface area contributed by atoms with Gasteiger partial charge in [-0.25, -0.2) is 4.39 Å². The first kappa shape index (κ1) is 25.0. The topological polar surface area (TPSA) is 75.6 Å². The number of rotatable bonds is 10. The third kappa shape index (κ3) is 7.17. The quantitative estimate of drug-likeness (QED) is 0.474. The van der Waals surface area contributed by atoms with Gasteiger partial charge in [-0.15, -0.1) is 0 Å². The Labute approximate surface area is 199 Å². The van der Waals surface area contributed by atoms with Crippen LogP contribution in [0.1, 0.15) is 46.8 Å². The fourth-order valence-electron chi connectivity index (χ4n) is 3.68. The molecule has 2 N–H and O–H groups in total. The largest absolute Gasteiger partial charge is 0.481 e. The van der Waals surface area contributed by atoms with E-state index in [1.807, 2.05) is 50.2 Å². The Morgan fingerprint density at radius 3 is 2.56 bits per heavy atom. The van der Waals surface area contributed by atoms with Crippen molar-refractivity contribution in [3.05, 3.63) is 101 Å². The third-order valence-electron chi connectivity index (χ3n) is 5.77. The van der Waals surface area contributed by atoms with Gasteiger partial charge in [-0.2, -0.15) is 0 Å². The van der Waals surface area contributed by atoms with Gasteiger partial charge in [0.1, 0.15) is 17.3 Å². The average molecular weight is 464 g/mol. The van der Waals surface area contributed by atoms with Crippen LogP contribution in [0.5, 0.6) is 5.75 Å². The van der Waals surface area contributed by atoms with Gasteiger partial charge in [0.25, 0.3) is 5.91 Å². The summed E-state index contributed by atoms with van der Waals surface area (Å²) in [5.74, 6) is -0.422. The number of nitrogens with one attached hydrogen (secondary N) is 1. The summed E-state index contributed by atoms with van der Waals surface area (Å²) < 4.78 is 19.1. The van der Waals surface area contributed by atoms with Crippen LogP contribution in [0.25, 0.3) is 0 Å². The number of halogens is 1. The molecule has 0 spiro atoms. The van der Waals surface area contributed by atoms with Gasteiger partial charge < -0.3 is 15.2 Å². The standard InChI is InChI=1S/C28H30FNO4/c1-3-22(28(32)33)17-21-8-7-19(2)26(18-21)27(31)30-16-15-20-9-12-25(13-10-20)34-24-6-4-5-23(29)11-14-24/h4-5,7-14,18,22H,3,6,15-17H2,1-2H3,(H,30,31)(H,32,33)/t22-/m1/s1. The minimum Gasteiger partial charge on any atom is -0.481 e. The number of ether oxygens (including phenoxy) is 1. The second-order valence-electron chi connectivity index (χ2n) is 8.34. The zero-order chi connectivity index (χ0) is 24.5. The lowest BCUT2D eigenvalue weighted by Crippen LogP contribution is -2.26. The van der Waals surface area contributed by atoms with Crippen molar-refractivity contribution in [3.8, 4) is 5.75 Å². The maximum Gasteiger partial charge on any atom is 0.306 e. The molecular weight excluding hydrogens is 433 g/mol. The lowest BCUT2D eigenvalue weighted by molar-refractivity contribution is -0.141. The minimum atomic E-state index is -0.820. The van der Waals surface area contributed by atoms with E-state index in [2.05, 4.69) is 5.32 Å². The third-order valence-corrected chi connectivity index (χ3v) is 5.77. The summed E-state index contributed by atoms with van der Waals surface area (Å²) >= 11 is 0. The van der Waals surface area contributed by atoms with Crippen molar-refractivity contribution in [3.63, 3.8) is 0 Å². The molecule has 1 aliphatic rings. The molecule has 5 nitrogen and oxygen atoms in total. The highest BCUT2D eigenvalue weighted by Gasteiger charge is 2.17. The Morgan fingerprint density at radius 1 is 1.12 bits per heavy atom. The van der Waals surface area contributed by atoms with Gasteiger partial charge in [-0.1, -0.05) is 37.3 Å². The van der Waals surface area contributed by atoms with Gasteiger partial charge in [0, 0.05) is 18.5 Å². The Morgan fingerprint density at radius 2 is 1.85 bits per heavy atom. The van der Waals surface area contributed by atoms with Crippen molar-refractivity contribution >= 4 is 11.9 Å². The molecule has 6 heteroatoms. The molecule has 2 aromatic rings. The molecule has 0 saturated heterocycles. The molecule has 0 saturated carbocycles. The Bertz CT molecular complexity index is 1120. The second-order valence-corrected chi connectivity index (χ2v) is 8.34. The van der Waals surface area contributed by atoms with E-state index in [-0.39, 0.29) is 11.7 Å². The highest BCUT2D eigenvalue weighted by Crippen LogP contribution is 2.20. The second kappa shape index (κ2) is 12.0. The predicted octanol–water partition coefficient (Wildman–Crippen LogP) is 5.70. The SMILES string of the molecule is CC[C@H](Cc1ccc(C)c(C(=O)NCCc2ccc(OC3=CC=C(F)C=CC3)cc2)c1)C(=O)O. The Kier molecular flexibility index (Phi) is 8.79. The highest BCUT2D eigenvalue weighted by molar-refractivity contribution is 5.95. The maximum absolute atomic E-state index is 13.3. The molecule has 0 bridgehead atoms. The van der Waals surface area contributed by atoms with Crippen LogP contribution in [-0.4, -0.2) is 23.5 Å². The molecule has 0 radical (unpaired) electrons. The normalized spacial score (nSPS) is 14.0. The van der Waals surface area contributed by atoms with Gasteiger partial charge in [0.2, 0.25) is 0 Å². The maximum atomic E-state index is 13.3. The summed E-state index contributed by atoms with van der Waals surface area (Å²) in [6, 6.07) is 13.1. The minimum absolute atomic E-state index is 0.170. The molecule has 0 fully saturated rings. The van der Waals surface area contributed by atoms with Crippen LogP contribution in [-0.2, 0) is 17.6 Å². The van der Waals surface area contributed by atoms with Gasteiger partial charge in [-0.3, -0.25) is 9.59 Å². The number of carboxylic acids is 1. The smallest absolute Gasteiger partial charge is 0.306 e. The van der Waals surface area contributed by atoms with Crippen molar-refractivity contribution in [1.29, 1.82) is 0 Å². The number of carboxylic acid groups (broad SMARTS) is 1. The van der Waals surface area contributed by atoms with Crippen LogP contribution < -0.4 is 10.1 Å². The van der Waals surface area contributed by atoms with Gasteiger partial charge in [-0.05, 0) is 79.3 Å². The monoisotopic (exact) mass is 463 g/mol. The van der Waals surface area contributed by atoms with E-state index >= 15 is 0 Å². The van der Waals surface area contributed by atoms with Gasteiger partial charge in [0.15, 0.2) is 0 Å². The number of benzene rings is 2. The molecule has 3 rings (SSSR count). The predicted molar refractivity (Wildman–Crippen MR) is 130 cm³/mol. The van der Waals surface area contributed by atoms with E-state index in [9.17, 15) is 19.1 Å². The van der Waals surface area contributed by atoms with Crippen LogP contribution in [0, 0.1) is 12.8 Å². The molecule has 1 aliphatic carbocycles. The molecule has 0 unspecified atom stereocenters. The van der Waals surface area contributed by atoms with Crippen LogP contribution in [0.2, 0.25) is 0 Å². The molecule has 0 aliphatic heterocycles. The number of aryl methyl sites for hydroxylation is 1. The van der Waals surface area contributed by atoms with E-state index in [0.717, 1.165) is 16.7 Å². The lowest BCUT2D eigenvalue weighted by atomic mass is 9.94. The van der Waals surface area contributed by atoms with Crippen molar-refractivity contribution in [1.82, 2.24) is 5.32 Å². The van der Waals surface area contributed by atoms with Crippen LogP contribution in [0.3, 0.4) is 0 Å². The number of hydrogen-bond acceptors (Lipinski definition) is 3. The van der Waals surface area contributed by atoms with Crippen molar-refractivity contribution in [2.45, 2.75) is 39.5 Å².